The van der Waals surface area contributed by atoms with Gasteiger partial charge in [0.15, 0.2) is 0 Å². The summed E-state index contributed by atoms with van der Waals surface area (Å²) in [6.07, 6.45) is 3.15. The van der Waals surface area contributed by atoms with Gasteiger partial charge in [-0.1, -0.05) is 20.8 Å². The van der Waals surface area contributed by atoms with E-state index in [-0.39, 0.29) is 11.4 Å². The zero-order valence-corrected chi connectivity index (χ0v) is 9.24. The molecule has 0 aliphatic carbocycles. The van der Waals surface area contributed by atoms with Crippen molar-refractivity contribution in [2.75, 3.05) is 11.9 Å². The Morgan fingerprint density at radius 3 is 2.47 bits per heavy atom. The van der Waals surface area contributed by atoms with Crippen molar-refractivity contribution >= 4 is 12.0 Å². The fourth-order valence-corrected chi connectivity index (χ4v) is 0.855. The monoisotopic (exact) mass is 208 g/mol. The molecule has 0 saturated carbocycles. The molecule has 1 heterocycles. The lowest BCUT2D eigenvalue weighted by molar-refractivity contribution is 0.246. The number of nitrogens with zero attached hydrogens (tertiary/aromatic N) is 2. The van der Waals surface area contributed by atoms with Crippen LogP contribution in [0.5, 0.6) is 0 Å². The fourth-order valence-electron chi connectivity index (χ4n) is 0.855. The molecule has 82 valence electrons. The Kier molecular flexibility index (Phi) is 3.60. The third-order valence-corrected chi connectivity index (χ3v) is 1.57. The molecule has 0 aliphatic rings. The van der Waals surface area contributed by atoms with Gasteiger partial charge in [0.2, 0.25) is 5.95 Å². The van der Waals surface area contributed by atoms with Crippen molar-refractivity contribution in [3.63, 3.8) is 0 Å². The average Bonchev–Trinajstić information content (AvgIpc) is 2.15. The lowest BCUT2D eigenvalue weighted by atomic mass is 9.97. The number of rotatable bonds is 2. The molecule has 1 rings (SSSR count). The molecule has 15 heavy (non-hydrogen) atoms. The van der Waals surface area contributed by atoms with Crippen molar-refractivity contribution in [3.8, 4) is 0 Å². The highest BCUT2D eigenvalue weighted by Gasteiger charge is 2.11. The number of carbonyl (C=O) groups excluding carboxylic acids is 1. The predicted molar refractivity (Wildman–Crippen MR) is 58.5 cm³/mol. The largest absolute Gasteiger partial charge is 0.337 e. The molecular formula is C10H16N4O. The number of hydrogen-bond donors (Lipinski definition) is 2. The summed E-state index contributed by atoms with van der Waals surface area (Å²) in [7, 11) is 0. The number of carbonyl (C=O) groups is 1. The number of anilines is 1. The lowest BCUT2D eigenvalue weighted by Gasteiger charge is -2.18. The molecular weight excluding hydrogens is 192 g/mol. The minimum atomic E-state index is -0.281. The molecule has 0 fully saturated rings. The van der Waals surface area contributed by atoms with E-state index in [4.69, 9.17) is 0 Å². The van der Waals surface area contributed by atoms with Crippen LogP contribution in [-0.2, 0) is 0 Å². The molecule has 0 bridgehead atoms. The van der Waals surface area contributed by atoms with E-state index in [2.05, 4.69) is 20.6 Å². The first kappa shape index (κ1) is 11.4. The van der Waals surface area contributed by atoms with Crippen LogP contribution in [0.3, 0.4) is 0 Å². The van der Waals surface area contributed by atoms with Gasteiger partial charge in [-0.3, -0.25) is 5.32 Å². The van der Waals surface area contributed by atoms with E-state index in [1.54, 1.807) is 18.5 Å². The predicted octanol–water partition coefficient (Wildman–Crippen LogP) is 1.64. The zero-order valence-electron chi connectivity index (χ0n) is 9.24. The van der Waals surface area contributed by atoms with Crippen LogP contribution in [0.4, 0.5) is 10.7 Å². The van der Waals surface area contributed by atoms with Gasteiger partial charge >= 0.3 is 6.03 Å². The third kappa shape index (κ3) is 4.95. The third-order valence-electron chi connectivity index (χ3n) is 1.57. The van der Waals surface area contributed by atoms with Crippen LogP contribution < -0.4 is 10.6 Å². The fraction of sp³-hybridized carbons (Fsp3) is 0.500. The normalized spacial score (nSPS) is 10.9. The minimum Gasteiger partial charge on any atom is -0.337 e. The maximum atomic E-state index is 11.4. The molecule has 0 aromatic carbocycles. The topological polar surface area (TPSA) is 66.9 Å². The molecule has 0 spiro atoms. The summed E-state index contributed by atoms with van der Waals surface area (Å²) in [4.78, 5) is 19.1. The van der Waals surface area contributed by atoms with Gasteiger partial charge < -0.3 is 5.32 Å². The van der Waals surface area contributed by atoms with Crippen molar-refractivity contribution in [2.24, 2.45) is 5.41 Å². The molecule has 5 heteroatoms. The highest BCUT2D eigenvalue weighted by molar-refractivity contribution is 5.87. The minimum absolute atomic E-state index is 0.0644. The van der Waals surface area contributed by atoms with Gasteiger partial charge in [0.1, 0.15) is 0 Å². The molecule has 0 unspecified atom stereocenters. The zero-order chi connectivity index (χ0) is 11.3. The molecule has 0 atom stereocenters. The smallest absolute Gasteiger partial charge is 0.321 e. The summed E-state index contributed by atoms with van der Waals surface area (Å²) in [6.45, 7) is 6.75. The number of urea groups is 1. The number of hydrogen-bond acceptors (Lipinski definition) is 3. The van der Waals surface area contributed by atoms with Crippen LogP contribution in [-0.4, -0.2) is 22.5 Å². The van der Waals surface area contributed by atoms with Crippen LogP contribution in [0.25, 0.3) is 0 Å². The quantitative estimate of drug-likeness (QED) is 0.776. The summed E-state index contributed by atoms with van der Waals surface area (Å²) in [5, 5.41) is 5.28. The maximum Gasteiger partial charge on any atom is 0.321 e. The summed E-state index contributed by atoms with van der Waals surface area (Å²) in [5.41, 5.74) is 0.0644. The number of nitrogens with one attached hydrogen (secondary N) is 2. The van der Waals surface area contributed by atoms with E-state index >= 15 is 0 Å². The molecule has 1 aromatic heterocycles. The molecule has 5 nitrogen and oxygen atoms in total. The Morgan fingerprint density at radius 2 is 1.93 bits per heavy atom. The first-order valence-corrected chi connectivity index (χ1v) is 4.79. The molecule has 2 N–H and O–H groups in total. The van der Waals surface area contributed by atoms with Crippen LogP contribution in [0.15, 0.2) is 18.5 Å². The van der Waals surface area contributed by atoms with Crippen LogP contribution in [0.1, 0.15) is 20.8 Å². The first-order chi connectivity index (χ1) is 6.97. The second kappa shape index (κ2) is 4.72. The summed E-state index contributed by atoms with van der Waals surface area (Å²) < 4.78 is 0. The van der Waals surface area contributed by atoms with Crippen LogP contribution in [0.2, 0.25) is 0 Å². The second-order valence-electron chi connectivity index (χ2n) is 4.44. The van der Waals surface area contributed by atoms with Crippen molar-refractivity contribution < 1.29 is 4.79 Å². The van der Waals surface area contributed by atoms with E-state index in [1.807, 2.05) is 20.8 Å². The Hall–Kier alpha value is -1.65. The van der Waals surface area contributed by atoms with E-state index < -0.39 is 0 Å². The first-order valence-electron chi connectivity index (χ1n) is 4.79. The second-order valence-corrected chi connectivity index (χ2v) is 4.44. The van der Waals surface area contributed by atoms with Crippen molar-refractivity contribution in [2.45, 2.75) is 20.8 Å². The van der Waals surface area contributed by atoms with E-state index in [0.29, 0.717) is 12.5 Å². The van der Waals surface area contributed by atoms with Gasteiger partial charge in [-0.05, 0) is 11.5 Å². The maximum absolute atomic E-state index is 11.4. The van der Waals surface area contributed by atoms with Crippen LogP contribution in [0, 0.1) is 5.41 Å². The Balaban J connectivity index is 2.38. The standard InChI is InChI=1S/C10H16N4O/c1-10(2,3)7-13-9(15)14-8-11-5-4-6-12-8/h4-6H,7H2,1-3H3,(H2,11,12,13,14,15). The van der Waals surface area contributed by atoms with Gasteiger partial charge in [0.05, 0.1) is 0 Å². The molecule has 0 saturated heterocycles. The number of amides is 2. The van der Waals surface area contributed by atoms with Crippen molar-refractivity contribution in [1.29, 1.82) is 0 Å². The van der Waals surface area contributed by atoms with Crippen LogP contribution >= 0.6 is 0 Å². The molecule has 0 radical (unpaired) electrons. The highest BCUT2D eigenvalue weighted by Crippen LogP contribution is 2.10. The van der Waals surface area contributed by atoms with Crippen molar-refractivity contribution in [3.05, 3.63) is 18.5 Å². The van der Waals surface area contributed by atoms with Gasteiger partial charge in [-0.25, -0.2) is 14.8 Å². The Morgan fingerprint density at radius 1 is 1.33 bits per heavy atom. The summed E-state index contributed by atoms with van der Waals surface area (Å²) in [6, 6.07) is 1.41. The van der Waals surface area contributed by atoms with Gasteiger partial charge in [0.25, 0.3) is 0 Å². The van der Waals surface area contributed by atoms with E-state index in [0.717, 1.165) is 0 Å². The van der Waals surface area contributed by atoms with Crippen molar-refractivity contribution in [1.82, 2.24) is 15.3 Å². The molecule has 1 aromatic rings. The van der Waals surface area contributed by atoms with E-state index in [1.165, 1.54) is 0 Å². The lowest BCUT2D eigenvalue weighted by Crippen LogP contribution is -2.35. The average molecular weight is 208 g/mol. The van der Waals surface area contributed by atoms with Gasteiger partial charge in [0, 0.05) is 18.9 Å². The summed E-state index contributed by atoms with van der Waals surface area (Å²) >= 11 is 0. The summed E-state index contributed by atoms with van der Waals surface area (Å²) in [5.74, 6) is 0.309. The molecule has 0 aliphatic heterocycles. The highest BCUT2D eigenvalue weighted by atomic mass is 16.2. The van der Waals surface area contributed by atoms with Gasteiger partial charge in [-0.2, -0.15) is 0 Å². The molecule has 2 amide bonds. The Bertz CT molecular complexity index is 318. The number of aromatic nitrogens is 2. The van der Waals surface area contributed by atoms with Gasteiger partial charge in [-0.15, -0.1) is 0 Å². The Labute approximate surface area is 89.3 Å². The SMILES string of the molecule is CC(C)(C)CNC(=O)Nc1ncccn1. The van der Waals surface area contributed by atoms with E-state index in [9.17, 15) is 4.79 Å².